The van der Waals surface area contributed by atoms with Crippen LogP contribution in [0.5, 0.6) is 0 Å². The lowest BCUT2D eigenvalue weighted by Gasteiger charge is -2.24. The minimum Gasteiger partial charge on any atom is -0.385 e. The fourth-order valence-electron chi connectivity index (χ4n) is 2.28. The third kappa shape index (κ3) is 4.10. The molecule has 128 valence electrons. The number of nitrogens with one attached hydrogen (secondary N) is 2. The number of H-pyrrole nitrogens is 1. The van der Waals surface area contributed by atoms with Crippen molar-refractivity contribution in [2.45, 2.75) is 46.6 Å². The van der Waals surface area contributed by atoms with Crippen molar-refractivity contribution < 1.29 is 4.74 Å². The van der Waals surface area contributed by atoms with E-state index in [1.807, 2.05) is 20.8 Å². The van der Waals surface area contributed by atoms with E-state index in [4.69, 9.17) is 4.74 Å². The van der Waals surface area contributed by atoms with E-state index in [2.05, 4.69) is 34.2 Å². The Hall–Kier alpha value is -1.89. The topological polar surface area (TPSA) is 84.8 Å². The van der Waals surface area contributed by atoms with Gasteiger partial charge in [0.1, 0.15) is 5.39 Å². The first-order chi connectivity index (χ1) is 10.6. The van der Waals surface area contributed by atoms with Crippen LogP contribution in [-0.4, -0.2) is 40.0 Å². The van der Waals surface area contributed by atoms with E-state index >= 15 is 0 Å². The summed E-state index contributed by atoms with van der Waals surface area (Å²) in [5.41, 5.74) is 0.215. The highest BCUT2D eigenvalue weighted by molar-refractivity contribution is 5.74. The van der Waals surface area contributed by atoms with Crippen molar-refractivity contribution in [3.63, 3.8) is 0 Å². The molecule has 23 heavy (non-hydrogen) atoms. The van der Waals surface area contributed by atoms with Gasteiger partial charge in [0.05, 0.1) is 11.7 Å². The van der Waals surface area contributed by atoms with Crippen LogP contribution in [0.3, 0.4) is 0 Å². The molecule has 2 rings (SSSR count). The number of aromatic amines is 1. The average Bonchev–Trinajstić information content (AvgIpc) is 2.87. The van der Waals surface area contributed by atoms with E-state index in [9.17, 15) is 4.79 Å². The lowest BCUT2D eigenvalue weighted by atomic mass is 9.90. The number of methoxy groups -OCH3 is 1. The first kappa shape index (κ1) is 17.5. The molecule has 0 fully saturated rings. The summed E-state index contributed by atoms with van der Waals surface area (Å²) in [4.78, 5) is 19.6. The van der Waals surface area contributed by atoms with Gasteiger partial charge in [-0.15, -0.1) is 0 Å². The molecule has 0 aliphatic rings. The number of rotatable bonds is 6. The van der Waals surface area contributed by atoms with Crippen molar-refractivity contribution in [2.75, 3.05) is 25.6 Å². The van der Waals surface area contributed by atoms with E-state index in [1.165, 1.54) is 0 Å². The summed E-state index contributed by atoms with van der Waals surface area (Å²) in [7, 11) is 1.70. The Morgan fingerprint density at radius 3 is 2.61 bits per heavy atom. The molecule has 0 unspecified atom stereocenters. The van der Waals surface area contributed by atoms with Crippen molar-refractivity contribution in [3.05, 3.63) is 16.6 Å². The van der Waals surface area contributed by atoms with Crippen molar-refractivity contribution in [1.82, 2.24) is 19.7 Å². The monoisotopic (exact) mass is 321 g/mol. The number of aromatic nitrogens is 4. The summed E-state index contributed by atoms with van der Waals surface area (Å²) in [6.07, 6.45) is 2.49. The maximum atomic E-state index is 12.2. The van der Waals surface area contributed by atoms with Crippen LogP contribution in [0.4, 0.5) is 5.95 Å². The van der Waals surface area contributed by atoms with Crippen molar-refractivity contribution in [3.8, 4) is 0 Å². The molecule has 2 N–H and O–H groups in total. The minimum absolute atomic E-state index is 0.0355. The number of fused-ring (bicyclic) bond motifs is 1. The molecule has 0 aliphatic heterocycles. The Morgan fingerprint density at radius 1 is 1.30 bits per heavy atom. The predicted octanol–water partition coefficient (Wildman–Crippen LogP) is 2.35. The molecule has 0 saturated carbocycles. The number of ether oxygens (including phenoxy) is 1. The fourth-order valence-corrected chi connectivity index (χ4v) is 2.28. The lowest BCUT2D eigenvalue weighted by molar-refractivity contribution is 0.157. The SMILES string of the molecule is COCCC(C)(C)CNc1nc2c(cnn2C(C)(C)C)c(=O)[nH]1. The van der Waals surface area contributed by atoms with Gasteiger partial charge in [-0.2, -0.15) is 10.1 Å². The second-order valence-corrected chi connectivity index (χ2v) is 7.64. The first-order valence-electron chi connectivity index (χ1n) is 7.85. The maximum absolute atomic E-state index is 12.2. The summed E-state index contributed by atoms with van der Waals surface area (Å²) in [5.74, 6) is 0.471. The molecular formula is C16H27N5O2. The molecule has 2 aromatic rings. The molecule has 0 atom stereocenters. The molecule has 2 heterocycles. The lowest BCUT2D eigenvalue weighted by Crippen LogP contribution is -2.27. The van der Waals surface area contributed by atoms with Crippen LogP contribution < -0.4 is 10.9 Å². The minimum atomic E-state index is -0.239. The Kier molecular flexibility index (Phi) is 4.79. The second-order valence-electron chi connectivity index (χ2n) is 7.64. The van der Waals surface area contributed by atoms with E-state index in [0.717, 1.165) is 6.42 Å². The summed E-state index contributed by atoms with van der Waals surface area (Å²) in [6, 6.07) is 0. The Balaban J connectivity index is 2.27. The highest BCUT2D eigenvalue weighted by Gasteiger charge is 2.21. The third-order valence-corrected chi connectivity index (χ3v) is 3.79. The molecule has 0 amide bonds. The number of hydrogen-bond donors (Lipinski definition) is 2. The normalized spacial score (nSPS) is 12.8. The molecule has 0 spiro atoms. The van der Waals surface area contributed by atoms with E-state index in [1.54, 1.807) is 18.0 Å². The number of anilines is 1. The molecule has 2 aromatic heterocycles. The smallest absolute Gasteiger partial charge is 0.263 e. The van der Waals surface area contributed by atoms with Crippen molar-refractivity contribution in [1.29, 1.82) is 0 Å². The zero-order valence-corrected chi connectivity index (χ0v) is 14.9. The van der Waals surface area contributed by atoms with E-state index in [-0.39, 0.29) is 16.5 Å². The summed E-state index contributed by atoms with van der Waals surface area (Å²) in [6.45, 7) is 11.8. The van der Waals surface area contributed by atoms with Gasteiger partial charge in [-0.3, -0.25) is 9.78 Å². The molecule has 7 nitrogen and oxygen atoms in total. The molecular weight excluding hydrogens is 294 g/mol. The van der Waals surface area contributed by atoms with Crippen LogP contribution in [0, 0.1) is 5.41 Å². The van der Waals surface area contributed by atoms with Gasteiger partial charge >= 0.3 is 0 Å². The van der Waals surface area contributed by atoms with E-state index < -0.39 is 0 Å². The van der Waals surface area contributed by atoms with Crippen molar-refractivity contribution in [2.24, 2.45) is 5.41 Å². The zero-order chi connectivity index (χ0) is 17.3. The van der Waals surface area contributed by atoms with Gasteiger partial charge in [0.25, 0.3) is 5.56 Å². The maximum Gasteiger partial charge on any atom is 0.263 e. The molecule has 0 radical (unpaired) electrons. The molecule has 0 saturated heterocycles. The molecule has 0 aliphatic carbocycles. The van der Waals surface area contributed by atoms with Gasteiger partial charge in [-0.05, 0) is 32.6 Å². The molecule has 0 bridgehead atoms. The Bertz CT molecular complexity index is 724. The van der Waals surface area contributed by atoms with Gasteiger partial charge in [0.2, 0.25) is 5.95 Å². The fraction of sp³-hybridized carbons (Fsp3) is 0.688. The van der Waals surface area contributed by atoms with Gasteiger partial charge in [-0.25, -0.2) is 4.68 Å². The Morgan fingerprint density at radius 2 is 2.00 bits per heavy atom. The quantitative estimate of drug-likeness (QED) is 0.853. The number of hydrogen-bond acceptors (Lipinski definition) is 5. The van der Waals surface area contributed by atoms with Crippen LogP contribution in [0.2, 0.25) is 0 Å². The summed E-state index contributed by atoms with van der Waals surface area (Å²) >= 11 is 0. The van der Waals surface area contributed by atoms with Crippen molar-refractivity contribution >= 4 is 17.0 Å². The zero-order valence-electron chi connectivity index (χ0n) is 14.9. The summed E-state index contributed by atoms with van der Waals surface area (Å²) < 4.78 is 6.91. The van der Waals surface area contributed by atoms with Crippen LogP contribution in [0.1, 0.15) is 41.0 Å². The van der Waals surface area contributed by atoms with Crippen LogP contribution in [-0.2, 0) is 10.3 Å². The van der Waals surface area contributed by atoms with E-state index in [0.29, 0.717) is 30.1 Å². The predicted molar refractivity (Wildman–Crippen MR) is 91.9 cm³/mol. The largest absolute Gasteiger partial charge is 0.385 e. The van der Waals surface area contributed by atoms with Crippen LogP contribution in [0.25, 0.3) is 11.0 Å². The highest BCUT2D eigenvalue weighted by atomic mass is 16.5. The van der Waals surface area contributed by atoms with Crippen LogP contribution >= 0.6 is 0 Å². The summed E-state index contributed by atoms with van der Waals surface area (Å²) in [5, 5.41) is 8.04. The average molecular weight is 321 g/mol. The number of nitrogens with zero attached hydrogens (tertiary/aromatic N) is 3. The van der Waals surface area contributed by atoms with Gasteiger partial charge < -0.3 is 10.1 Å². The third-order valence-electron chi connectivity index (χ3n) is 3.79. The Labute approximate surface area is 136 Å². The highest BCUT2D eigenvalue weighted by Crippen LogP contribution is 2.21. The van der Waals surface area contributed by atoms with Gasteiger partial charge in [0, 0.05) is 20.3 Å². The standard InChI is InChI=1S/C16H27N5O2/c1-15(2,3)21-12-11(9-18-21)13(22)20-14(19-12)17-10-16(4,5)7-8-23-6/h9H,7-8,10H2,1-6H3,(H2,17,19,20,22). The molecule has 7 heteroatoms. The van der Waals surface area contributed by atoms with Crippen LogP contribution in [0.15, 0.2) is 11.0 Å². The van der Waals surface area contributed by atoms with Gasteiger partial charge in [0.15, 0.2) is 5.65 Å². The second kappa shape index (κ2) is 6.31. The first-order valence-corrected chi connectivity index (χ1v) is 7.85. The van der Waals surface area contributed by atoms with Gasteiger partial charge in [-0.1, -0.05) is 13.8 Å². The molecule has 0 aromatic carbocycles.